The highest BCUT2D eigenvalue weighted by Gasteiger charge is 2.21. The number of carbonyl (C=O) groups excluding carboxylic acids is 1. The van der Waals surface area contributed by atoms with Crippen LogP contribution in [-0.4, -0.2) is 33.9 Å². The third-order valence-electron chi connectivity index (χ3n) is 4.21. The van der Waals surface area contributed by atoms with Crippen molar-refractivity contribution in [2.45, 2.75) is 13.8 Å². The van der Waals surface area contributed by atoms with E-state index in [1.54, 1.807) is 4.90 Å². The Labute approximate surface area is 162 Å². The molecular formula is C20H19Cl2N3O. The molecule has 26 heavy (non-hydrogen) atoms. The molecule has 0 spiro atoms. The third kappa shape index (κ3) is 3.76. The monoisotopic (exact) mass is 387 g/mol. The van der Waals surface area contributed by atoms with E-state index >= 15 is 0 Å². The topological polar surface area (TPSA) is 49.0 Å². The molecule has 0 saturated heterocycles. The Hall–Kier alpha value is -2.30. The summed E-state index contributed by atoms with van der Waals surface area (Å²) in [4.78, 5) is 22.3. The SMILES string of the molecule is CCN(CC)C(=O)c1nc(-c2ccc(Cl)cc2)c(-c2ccc(Cl)cc2)[nH]1. The van der Waals surface area contributed by atoms with Gasteiger partial charge in [0.1, 0.15) is 0 Å². The Morgan fingerprint density at radius 3 is 1.92 bits per heavy atom. The minimum absolute atomic E-state index is 0.120. The number of imidazole rings is 1. The molecule has 6 heteroatoms. The van der Waals surface area contributed by atoms with Gasteiger partial charge in [-0.05, 0) is 38.1 Å². The van der Waals surface area contributed by atoms with Gasteiger partial charge in [0.15, 0.2) is 5.82 Å². The molecule has 0 aliphatic heterocycles. The molecule has 2 aromatic carbocycles. The van der Waals surface area contributed by atoms with Crippen LogP contribution in [0.2, 0.25) is 10.0 Å². The quantitative estimate of drug-likeness (QED) is 0.625. The molecule has 0 radical (unpaired) electrons. The molecule has 4 nitrogen and oxygen atoms in total. The van der Waals surface area contributed by atoms with Crippen molar-refractivity contribution in [3.63, 3.8) is 0 Å². The summed E-state index contributed by atoms with van der Waals surface area (Å²) in [5, 5.41) is 1.30. The van der Waals surface area contributed by atoms with Gasteiger partial charge in [0, 0.05) is 34.3 Å². The summed E-state index contributed by atoms with van der Waals surface area (Å²) in [7, 11) is 0. The van der Waals surface area contributed by atoms with Gasteiger partial charge >= 0.3 is 0 Å². The zero-order chi connectivity index (χ0) is 18.7. The van der Waals surface area contributed by atoms with Gasteiger partial charge in [-0.1, -0.05) is 47.5 Å². The minimum atomic E-state index is -0.120. The van der Waals surface area contributed by atoms with Crippen LogP contribution in [0.25, 0.3) is 22.5 Å². The second kappa shape index (κ2) is 7.94. The number of rotatable bonds is 5. The number of nitrogens with zero attached hydrogens (tertiary/aromatic N) is 2. The van der Waals surface area contributed by atoms with E-state index in [2.05, 4.69) is 9.97 Å². The number of amides is 1. The lowest BCUT2D eigenvalue weighted by molar-refractivity contribution is 0.0762. The fourth-order valence-corrected chi connectivity index (χ4v) is 3.03. The highest BCUT2D eigenvalue weighted by Crippen LogP contribution is 2.31. The molecule has 1 N–H and O–H groups in total. The number of halogens is 2. The standard InChI is InChI=1S/C20H19Cl2N3O/c1-3-25(4-2)20(26)19-23-17(13-5-9-15(21)10-6-13)18(24-19)14-7-11-16(22)12-8-14/h5-12H,3-4H2,1-2H3,(H,23,24). The lowest BCUT2D eigenvalue weighted by atomic mass is 10.1. The molecule has 0 aliphatic rings. The van der Waals surface area contributed by atoms with Gasteiger partial charge in [-0.2, -0.15) is 0 Å². The highest BCUT2D eigenvalue weighted by molar-refractivity contribution is 6.31. The van der Waals surface area contributed by atoms with Crippen LogP contribution in [0.5, 0.6) is 0 Å². The fourth-order valence-electron chi connectivity index (χ4n) is 2.78. The lowest BCUT2D eigenvalue weighted by Crippen LogP contribution is -2.31. The predicted octanol–water partition coefficient (Wildman–Crippen LogP) is 5.53. The Morgan fingerprint density at radius 2 is 1.42 bits per heavy atom. The maximum absolute atomic E-state index is 12.7. The second-order valence-corrected chi connectivity index (χ2v) is 6.67. The normalized spacial score (nSPS) is 10.8. The molecule has 0 fully saturated rings. The van der Waals surface area contributed by atoms with E-state index in [1.165, 1.54) is 0 Å². The van der Waals surface area contributed by atoms with Gasteiger partial charge in [0.25, 0.3) is 5.91 Å². The minimum Gasteiger partial charge on any atom is -0.337 e. The Morgan fingerprint density at radius 1 is 0.923 bits per heavy atom. The van der Waals surface area contributed by atoms with Crippen molar-refractivity contribution in [2.75, 3.05) is 13.1 Å². The molecule has 0 atom stereocenters. The first-order valence-electron chi connectivity index (χ1n) is 8.44. The number of hydrogen-bond acceptors (Lipinski definition) is 2. The van der Waals surface area contributed by atoms with Gasteiger partial charge in [-0.3, -0.25) is 4.79 Å². The van der Waals surface area contributed by atoms with E-state index in [9.17, 15) is 4.79 Å². The van der Waals surface area contributed by atoms with Gasteiger partial charge in [0.2, 0.25) is 0 Å². The maximum atomic E-state index is 12.7. The largest absolute Gasteiger partial charge is 0.337 e. The van der Waals surface area contributed by atoms with Crippen molar-refractivity contribution in [3.05, 3.63) is 64.4 Å². The van der Waals surface area contributed by atoms with E-state index in [0.29, 0.717) is 34.7 Å². The van der Waals surface area contributed by atoms with E-state index < -0.39 is 0 Å². The fraction of sp³-hybridized carbons (Fsp3) is 0.200. The van der Waals surface area contributed by atoms with Crippen LogP contribution < -0.4 is 0 Å². The third-order valence-corrected chi connectivity index (χ3v) is 4.71. The second-order valence-electron chi connectivity index (χ2n) is 5.80. The van der Waals surface area contributed by atoms with Gasteiger partial charge in [-0.15, -0.1) is 0 Å². The summed E-state index contributed by atoms with van der Waals surface area (Å²) in [5.74, 6) is 0.203. The summed E-state index contributed by atoms with van der Waals surface area (Å²) in [5.41, 5.74) is 3.28. The van der Waals surface area contributed by atoms with Crippen LogP contribution in [0, 0.1) is 0 Å². The Kier molecular flexibility index (Phi) is 5.64. The van der Waals surface area contributed by atoms with E-state index in [-0.39, 0.29) is 5.91 Å². The highest BCUT2D eigenvalue weighted by atomic mass is 35.5. The van der Waals surface area contributed by atoms with Crippen LogP contribution in [0.15, 0.2) is 48.5 Å². The summed E-state index contributed by atoms with van der Waals surface area (Å²) in [6.07, 6.45) is 0. The van der Waals surface area contributed by atoms with E-state index in [0.717, 1.165) is 16.8 Å². The molecule has 0 unspecified atom stereocenters. The van der Waals surface area contributed by atoms with Gasteiger partial charge in [0.05, 0.1) is 11.4 Å². The average Bonchev–Trinajstić information content (AvgIpc) is 3.09. The van der Waals surface area contributed by atoms with Crippen molar-refractivity contribution < 1.29 is 4.79 Å². The van der Waals surface area contributed by atoms with Gasteiger partial charge in [-0.25, -0.2) is 4.98 Å². The predicted molar refractivity (Wildman–Crippen MR) is 107 cm³/mol. The first kappa shape index (κ1) is 18.5. The Bertz CT molecular complexity index is 835. The number of aromatic nitrogens is 2. The van der Waals surface area contributed by atoms with Crippen LogP contribution in [0.1, 0.15) is 24.5 Å². The van der Waals surface area contributed by atoms with Crippen molar-refractivity contribution >= 4 is 29.1 Å². The average molecular weight is 388 g/mol. The van der Waals surface area contributed by atoms with Crippen LogP contribution in [0.3, 0.4) is 0 Å². The summed E-state index contributed by atoms with van der Waals surface area (Å²) >= 11 is 12.0. The number of nitrogens with one attached hydrogen (secondary N) is 1. The molecule has 1 aromatic heterocycles. The van der Waals surface area contributed by atoms with Crippen molar-refractivity contribution in [3.8, 4) is 22.5 Å². The smallest absolute Gasteiger partial charge is 0.289 e. The van der Waals surface area contributed by atoms with E-state index in [1.807, 2.05) is 62.4 Å². The molecule has 0 aliphatic carbocycles. The molecule has 3 aromatic rings. The van der Waals surface area contributed by atoms with Crippen molar-refractivity contribution in [1.82, 2.24) is 14.9 Å². The molecule has 1 amide bonds. The van der Waals surface area contributed by atoms with Gasteiger partial charge < -0.3 is 9.88 Å². The zero-order valence-electron chi connectivity index (χ0n) is 14.6. The van der Waals surface area contributed by atoms with E-state index in [4.69, 9.17) is 23.2 Å². The molecular weight excluding hydrogens is 369 g/mol. The summed E-state index contributed by atoms with van der Waals surface area (Å²) in [6.45, 7) is 5.15. The number of H-pyrrole nitrogens is 1. The molecule has 134 valence electrons. The van der Waals surface area contributed by atoms with Crippen molar-refractivity contribution in [2.24, 2.45) is 0 Å². The lowest BCUT2D eigenvalue weighted by Gasteiger charge is -2.16. The molecule has 1 heterocycles. The zero-order valence-corrected chi connectivity index (χ0v) is 16.1. The van der Waals surface area contributed by atoms with Crippen LogP contribution in [-0.2, 0) is 0 Å². The maximum Gasteiger partial charge on any atom is 0.289 e. The first-order chi connectivity index (χ1) is 12.5. The van der Waals surface area contributed by atoms with Crippen LogP contribution in [0.4, 0.5) is 0 Å². The molecule has 3 rings (SSSR count). The molecule has 0 bridgehead atoms. The van der Waals surface area contributed by atoms with Crippen molar-refractivity contribution in [1.29, 1.82) is 0 Å². The number of carbonyl (C=O) groups is 1. The number of aromatic amines is 1. The summed E-state index contributed by atoms with van der Waals surface area (Å²) in [6, 6.07) is 14.8. The number of hydrogen-bond donors (Lipinski definition) is 1. The first-order valence-corrected chi connectivity index (χ1v) is 9.20. The Balaban J connectivity index is 2.12. The molecule has 0 saturated carbocycles. The number of benzene rings is 2. The van der Waals surface area contributed by atoms with Crippen LogP contribution >= 0.6 is 23.2 Å². The summed E-state index contributed by atoms with van der Waals surface area (Å²) < 4.78 is 0.